The van der Waals surface area contributed by atoms with E-state index in [0.29, 0.717) is 12.4 Å². The van der Waals surface area contributed by atoms with Crippen LogP contribution in [-0.4, -0.2) is 38.5 Å². The van der Waals surface area contributed by atoms with Gasteiger partial charge in [0.1, 0.15) is 11.9 Å². The highest BCUT2D eigenvalue weighted by atomic mass is 16.5. The maximum Gasteiger partial charge on any atom is 0.137 e. The lowest BCUT2D eigenvalue weighted by Gasteiger charge is -2.16. The van der Waals surface area contributed by atoms with E-state index in [9.17, 15) is 10.2 Å². The molecular weight excluding hydrogens is 390 g/mol. The molecule has 0 aliphatic heterocycles. The van der Waals surface area contributed by atoms with Crippen LogP contribution in [0.25, 0.3) is 17.2 Å². The van der Waals surface area contributed by atoms with Gasteiger partial charge in [-0.2, -0.15) is 0 Å². The van der Waals surface area contributed by atoms with Crippen molar-refractivity contribution in [1.29, 1.82) is 0 Å². The Balaban J connectivity index is 1.39. The van der Waals surface area contributed by atoms with E-state index in [1.165, 1.54) is 0 Å². The summed E-state index contributed by atoms with van der Waals surface area (Å²) in [5.74, 6) is 0.535. The minimum atomic E-state index is -0.694. The average molecular weight is 420 g/mol. The molecule has 4 atom stereocenters. The lowest BCUT2D eigenvalue weighted by Crippen LogP contribution is -2.14. The number of benzene rings is 2. The molecule has 1 aliphatic rings. The average Bonchev–Trinajstić information content (AvgIpc) is 3.27. The summed E-state index contributed by atoms with van der Waals surface area (Å²) in [7, 11) is 0. The first-order valence-electron chi connectivity index (χ1n) is 10.6. The number of nitrogens with zero attached hydrogens (tertiary/aromatic N) is 2. The fourth-order valence-corrected chi connectivity index (χ4v) is 3.56. The van der Waals surface area contributed by atoms with Gasteiger partial charge in [0.15, 0.2) is 0 Å². The van der Waals surface area contributed by atoms with Gasteiger partial charge in [-0.05, 0) is 35.6 Å². The zero-order chi connectivity index (χ0) is 21.8. The smallest absolute Gasteiger partial charge is 0.137 e. The zero-order valence-electron chi connectivity index (χ0n) is 17.6. The second-order valence-corrected chi connectivity index (χ2v) is 8.05. The van der Waals surface area contributed by atoms with Crippen molar-refractivity contribution >= 4 is 6.08 Å². The maximum atomic E-state index is 9.85. The van der Waals surface area contributed by atoms with Crippen molar-refractivity contribution in [3.8, 4) is 11.1 Å². The van der Waals surface area contributed by atoms with Crippen LogP contribution in [0.3, 0.4) is 0 Å². The number of aliphatic hydroxyl groups is 2. The molecule has 6 nitrogen and oxygen atoms in total. The second kappa shape index (κ2) is 9.58. The summed E-state index contributed by atoms with van der Waals surface area (Å²) in [6.07, 6.45) is 7.78. The normalized spacial score (nSPS) is 20.1. The number of rotatable bonds is 9. The topological polar surface area (TPSA) is 93.5 Å². The summed E-state index contributed by atoms with van der Waals surface area (Å²) >= 11 is 0. The third-order valence-corrected chi connectivity index (χ3v) is 5.57. The van der Waals surface area contributed by atoms with Crippen LogP contribution in [0, 0.1) is 0 Å². The fourth-order valence-electron chi connectivity index (χ4n) is 3.56. The number of imidazole rings is 1. The van der Waals surface area contributed by atoms with E-state index in [1.807, 2.05) is 12.2 Å². The summed E-state index contributed by atoms with van der Waals surface area (Å²) in [5.41, 5.74) is 10.2. The molecule has 1 saturated carbocycles. The largest absolute Gasteiger partial charge is 0.394 e. The molecule has 1 heterocycles. The lowest BCUT2D eigenvalue weighted by atomic mass is 10.0. The fraction of sp³-hybridized carbons (Fsp3) is 0.320. The molecule has 2 aromatic carbocycles. The molecule has 0 radical (unpaired) electrons. The Bertz CT molecular complexity index is 1010. The van der Waals surface area contributed by atoms with Gasteiger partial charge in [-0.3, -0.25) is 0 Å². The van der Waals surface area contributed by atoms with Crippen LogP contribution in [0.1, 0.15) is 42.4 Å². The zero-order valence-corrected chi connectivity index (χ0v) is 17.6. The van der Waals surface area contributed by atoms with Crippen molar-refractivity contribution in [2.75, 3.05) is 6.61 Å². The molecule has 4 rings (SSSR count). The summed E-state index contributed by atoms with van der Waals surface area (Å²) < 4.78 is 7.53. The van der Waals surface area contributed by atoms with Crippen LogP contribution < -0.4 is 5.73 Å². The minimum absolute atomic E-state index is 0.0760. The Labute approximate surface area is 182 Å². The highest BCUT2D eigenvalue weighted by Crippen LogP contribution is 2.25. The first-order chi connectivity index (χ1) is 15.0. The van der Waals surface area contributed by atoms with E-state index in [2.05, 4.69) is 53.5 Å². The highest BCUT2D eigenvalue weighted by Gasteiger charge is 2.34. The predicted octanol–water partition coefficient (Wildman–Crippen LogP) is 3.47. The maximum absolute atomic E-state index is 9.85. The second-order valence-electron chi connectivity index (χ2n) is 8.05. The summed E-state index contributed by atoms with van der Waals surface area (Å²) in [4.78, 5) is 4.17. The molecule has 1 aromatic heterocycles. The van der Waals surface area contributed by atoms with Crippen molar-refractivity contribution in [2.45, 2.75) is 44.2 Å². The summed E-state index contributed by atoms with van der Waals surface area (Å²) in [6.45, 7) is 2.19. The number of nitrogens with two attached hydrogens (primary N) is 1. The monoisotopic (exact) mass is 419 g/mol. The third kappa shape index (κ3) is 5.29. The van der Waals surface area contributed by atoms with E-state index in [-0.39, 0.29) is 24.8 Å². The van der Waals surface area contributed by atoms with Crippen molar-refractivity contribution in [3.05, 3.63) is 84.0 Å². The van der Waals surface area contributed by atoms with Gasteiger partial charge >= 0.3 is 0 Å². The number of hydrogen-bond donors (Lipinski definition) is 3. The number of aromatic nitrogens is 2. The summed E-state index contributed by atoms with van der Waals surface area (Å²) in [6, 6.07) is 16.6. The molecule has 0 spiro atoms. The first-order valence-corrected chi connectivity index (χ1v) is 10.6. The third-order valence-electron chi connectivity index (χ3n) is 5.57. The Morgan fingerprint density at radius 3 is 2.39 bits per heavy atom. The standard InChI is InChI=1S/C25H29N3O3/c1-17(30)25-27-12-13-28(25)22(15-29)11-6-18-2-7-20(8-3-18)21-9-4-19(5-10-21)16-31-24-14-23(24)26/h2-13,17,22-24,29-30H,14-16,26H2,1H3/b11-6+/t17-,22?,23?,24?/m0/s1. The van der Waals surface area contributed by atoms with E-state index in [4.69, 9.17) is 10.5 Å². The molecule has 3 unspecified atom stereocenters. The molecule has 31 heavy (non-hydrogen) atoms. The quantitative estimate of drug-likeness (QED) is 0.494. The van der Waals surface area contributed by atoms with Crippen LogP contribution in [0.15, 0.2) is 67.0 Å². The van der Waals surface area contributed by atoms with Crippen molar-refractivity contribution in [1.82, 2.24) is 9.55 Å². The van der Waals surface area contributed by atoms with Crippen LogP contribution in [0.5, 0.6) is 0 Å². The van der Waals surface area contributed by atoms with Gasteiger partial charge in [-0.15, -0.1) is 0 Å². The van der Waals surface area contributed by atoms with Crippen molar-refractivity contribution in [3.63, 3.8) is 0 Å². The van der Waals surface area contributed by atoms with Gasteiger partial charge < -0.3 is 25.3 Å². The van der Waals surface area contributed by atoms with Gasteiger partial charge in [-0.25, -0.2) is 4.98 Å². The molecule has 0 bridgehead atoms. The van der Waals surface area contributed by atoms with E-state index < -0.39 is 6.10 Å². The van der Waals surface area contributed by atoms with E-state index >= 15 is 0 Å². The number of aliphatic hydroxyl groups excluding tert-OH is 2. The van der Waals surface area contributed by atoms with Gasteiger partial charge in [-0.1, -0.05) is 60.7 Å². The molecule has 0 amide bonds. The first kappa shape index (κ1) is 21.5. The Kier molecular flexibility index (Phi) is 6.63. The molecule has 162 valence electrons. The highest BCUT2D eigenvalue weighted by molar-refractivity contribution is 5.66. The number of ether oxygens (including phenoxy) is 1. The Morgan fingerprint density at radius 1 is 1.16 bits per heavy atom. The summed E-state index contributed by atoms with van der Waals surface area (Å²) in [5, 5.41) is 19.6. The molecule has 6 heteroatoms. The molecule has 1 aliphatic carbocycles. The lowest BCUT2D eigenvalue weighted by molar-refractivity contribution is 0.102. The van der Waals surface area contributed by atoms with Gasteiger partial charge in [0.2, 0.25) is 0 Å². The Hall–Kier alpha value is -2.77. The molecular formula is C25H29N3O3. The molecule has 3 aromatic rings. The molecule has 0 saturated heterocycles. The van der Waals surface area contributed by atoms with Crippen molar-refractivity contribution < 1.29 is 14.9 Å². The number of hydrogen-bond acceptors (Lipinski definition) is 5. The Morgan fingerprint density at radius 2 is 1.81 bits per heavy atom. The minimum Gasteiger partial charge on any atom is -0.394 e. The molecule has 1 fully saturated rings. The van der Waals surface area contributed by atoms with Crippen molar-refractivity contribution in [2.24, 2.45) is 5.73 Å². The SMILES string of the molecule is C[C@H](O)c1nccn1C(/C=C/c1ccc(-c2ccc(COC3CC3N)cc2)cc1)CO. The van der Waals surface area contributed by atoms with Crippen LogP contribution in [0.2, 0.25) is 0 Å². The van der Waals surface area contributed by atoms with Gasteiger partial charge in [0.05, 0.1) is 25.4 Å². The van der Waals surface area contributed by atoms with Crippen LogP contribution in [-0.2, 0) is 11.3 Å². The van der Waals surface area contributed by atoms with E-state index in [1.54, 1.807) is 23.9 Å². The van der Waals surface area contributed by atoms with Crippen LogP contribution >= 0.6 is 0 Å². The van der Waals surface area contributed by atoms with Gasteiger partial charge in [0, 0.05) is 18.4 Å². The van der Waals surface area contributed by atoms with Gasteiger partial charge in [0.25, 0.3) is 0 Å². The molecule has 4 N–H and O–H groups in total. The van der Waals surface area contributed by atoms with E-state index in [0.717, 1.165) is 28.7 Å². The van der Waals surface area contributed by atoms with Crippen LogP contribution in [0.4, 0.5) is 0 Å². The predicted molar refractivity (Wildman–Crippen MR) is 121 cm³/mol.